The van der Waals surface area contributed by atoms with Crippen LogP contribution in [-0.4, -0.2) is 44.8 Å². The molecule has 1 heterocycles. The van der Waals surface area contributed by atoms with Crippen LogP contribution in [-0.2, 0) is 11.2 Å². The van der Waals surface area contributed by atoms with E-state index in [0.717, 1.165) is 57.0 Å². The van der Waals surface area contributed by atoms with Gasteiger partial charge in [-0.2, -0.15) is 0 Å². The average Bonchev–Trinajstić information content (AvgIpc) is 2.96. The van der Waals surface area contributed by atoms with Crippen molar-refractivity contribution in [2.24, 2.45) is 10.4 Å². The smallest absolute Gasteiger partial charge is 0.190 e. The highest BCUT2D eigenvalue weighted by Gasteiger charge is 2.36. The van der Waals surface area contributed by atoms with Gasteiger partial charge in [-0.1, -0.05) is 6.42 Å². The highest BCUT2D eigenvalue weighted by molar-refractivity contribution is 14.0. The van der Waals surface area contributed by atoms with E-state index in [-0.39, 0.29) is 24.0 Å². The lowest BCUT2D eigenvalue weighted by molar-refractivity contribution is 0.0732. The summed E-state index contributed by atoms with van der Waals surface area (Å²) in [6, 6.07) is 0. The van der Waals surface area contributed by atoms with Crippen LogP contribution in [0.2, 0.25) is 0 Å². The minimum Gasteiger partial charge on any atom is -0.385 e. The number of aryl methyl sites for hydroxylation is 2. The predicted molar refractivity (Wildman–Crippen MR) is 117 cm³/mol. The van der Waals surface area contributed by atoms with Gasteiger partial charge >= 0.3 is 0 Å². The highest BCUT2D eigenvalue weighted by Crippen LogP contribution is 2.43. The van der Waals surface area contributed by atoms with Crippen molar-refractivity contribution in [3.05, 3.63) is 16.1 Å². The van der Waals surface area contributed by atoms with Crippen LogP contribution in [0.4, 0.5) is 0 Å². The number of halogens is 1. The molecule has 1 fully saturated rings. The molecule has 0 amide bonds. The van der Waals surface area contributed by atoms with Crippen molar-refractivity contribution in [3.63, 3.8) is 0 Å². The standard InChI is InChI=1S/C18H32N4OS.HI/c1-15-13-24-16(22-15)7-4-5-11-20-17(19-2)21-14-18(8-6-9-18)10-12-23-3;/h13H,4-12,14H2,1-3H3,(H2,19,20,21);1H. The molecule has 2 rings (SSSR count). The molecular weight excluding hydrogens is 447 g/mol. The number of methoxy groups -OCH3 is 1. The Morgan fingerprint density at radius 3 is 2.72 bits per heavy atom. The highest BCUT2D eigenvalue weighted by atomic mass is 127. The summed E-state index contributed by atoms with van der Waals surface area (Å²) < 4.78 is 5.26. The van der Waals surface area contributed by atoms with Gasteiger partial charge in [-0.15, -0.1) is 35.3 Å². The van der Waals surface area contributed by atoms with Crippen LogP contribution in [0.5, 0.6) is 0 Å². The molecule has 1 aliphatic carbocycles. The molecule has 25 heavy (non-hydrogen) atoms. The molecule has 5 nitrogen and oxygen atoms in total. The molecule has 1 saturated carbocycles. The first kappa shape index (κ1) is 22.6. The lowest BCUT2D eigenvalue weighted by atomic mass is 9.67. The quantitative estimate of drug-likeness (QED) is 0.232. The van der Waals surface area contributed by atoms with Crippen molar-refractivity contribution >= 4 is 41.3 Å². The van der Waals surface area contributed by atoms with Crippen LogP contribution in [0.15, 0.2) is 10.4 Å². The van der Waals surface area contributed by atoms with Crippen LogP contribution in [0, 0.1) is 12.3 Å². The Labute approximate surface area is 173 Å². The SMILES string of the molecule is CN=C(NCCCCc1nc(C)cs1)NCC1(CCOC)CCC1.I. The maximum atomic E-state index is 5.26. The largest absolute Gasteiger partial charge is 0.385 e. The fraction of sp³-hybridized carbons (Fsp3) is 0.778. The molecule has 2 N–H and O–H groups in total. The predicted octanol–water partition coefficient (Wildman–Crippen LogP) is 3.76. The van der Waals surface area contributed by atoms with Crippen LogP contribution in [0.25, 0.3) is 0 Å². The van der Waals surface area contributed by atoms with E-state index in [1.807, 2.05) is 7.05 Å². The van der Waals surface area contributed by atoms with Crippen LogP contribution in [0.3, 0.4) is 0 Å². The monoisotopic (exact) mass is 480 g/mol. The number of aliphatic imine (C=N–C) groups is 1. The zero-order valence-electron chi connectivity index (χ0n) is 15.8. The third-order valence-corrected chi connectivity index (χ3v) is 5.91. The van der Waals surface area contributed by atoms with Gasteiger partial charge < -0.3 is 15.4 Å². The maximum Gasteiger partial charge on any atom is 0.190 e. The van der Waals surface area contributed by atoms with E-state index in [4.69, 9.17) is 4.74 Å². The summed E-state index contributed by atoms with van der Waals surface area (Å²) in [5.74, 6) is 0.920. The topological polar surface area (TPSA) is 58.5 Å². The van der Waals surface area contributed by atoms with E-state index < -0.39 is 0 Å². The second-order valence-electron chi connectivity index (χ2n) is 6.79. The molecule has 0 atom stereocenters. The molecule has 0 bridgehead atoms. The summed E-state index contributed by atoms with van der Waals surface area (Å²) in [5.41, 5.74) is 1.55. The third-order valence-electron chi connectivity index (χ3n) is 4.88. The minimum atomic E-state index is 0. The molecule has 0 saturated heterocycles. The molecule has 0 unspecified atom stereocenters. The van der Waals surface area contributed by atoms with E-state index in [1.165, 1.54) is 24.3 Å². The Bertz CT molecular complexity index is 517. The van der Waals surface area contributed by atoms with E-state index in [0.29, 0.717) is 5.41 Å². The fourth-order valence-electron chi connectivity index (χ4n) is 3.13. The number of unbranched alkanes of at least 4 members (excludes halogenated alkanes) is 1. The van der Waals surface area contributed by atoms with Gasteiger partial charge in [-0.3, -0.25) is 4.99 Å². The summed E-state index contributed by atoms with van der Waals surface area (Å²) in [4.78, 5) is 8.85. The molecule has 0 aromatic carbocycles. The number of guanidine groups is 1. The first-order valence-corrected chi connectivity index (χ1v) is 9.90. The lowest BCUT2D eigenvalue weighted by Gasteiger charge is -2.42. The minimum absolute atomic E-state index is 0. The summed E-state index contributed by atoms with van der Waals surface area (Å²) >= 11 is 1.77. The van der Waals surface area contributed by atoms with Gasteiger partial charge in [0.2, 0.25) is 0 Å². The third kappa shape index (κ3) is 7.78. The van der Waals surface area contributed by atoms with Gasteiger partial charge in [0.25, 0.3) is 0 Å². The van der Waals surface area contributed by atoms with Crippen molar-refractivity contribution in [1.29, 1.82) is 0 Å². The van der Waals surface area contributed by atoms with Gasteiger partial charge in [0.1, 0.15) is 0 Å². The Balaban J connectivity index is 0.00000312. The second-order valence-corrected chi connectivity index (χ2v) is 7.73. The van der Waals surface area contributed by atoms with Gasteiger partial charge in [-0.05, 0) is 50.9 Å². The lowest BCUT2D eigenvalue weighted by Crippen LogP contribution is -2.47. The number of aromatic nitrogens is 1. The molecule has 144 valence electrons. The van der Waals surface area contributed by atoms with E-state index in [9.17, 15) is 0 Å². The Morgan fingerprint density at radius 1 is 1.36 bits per heavy atom. The van der Waals surface area contributed by atoms with E-state index >= 15 is 0 Å². The molecule has 7 heteroatoms. The summed E-state index contributed by atoms with van der Waals surface area (Å²) in [6.07, 6.45) is 8.45. The number of hydrogen-bond donors (Lipinski definition) is 2. The van der Waals surface area contributed by atoms with Crippen molar-refractivity contribution in [2.45, 2.75) is 51.9 Å². The number of nitrogens with zero attached hydrogens (tertiary/aromatic N) is 2. The van der Waals surface area contributed by atoms with Crippen molar-refractivity contribution in [1.82, 2.24) is 15.6 Å². The van der Waals surface area contributed by atoms with E-state index in [1.54, 1.807) is 18.4 Å². The van der Waals surface area contributed by atoms with E-state index in [2.05, 4.69) is 32.9 Å². The molecule has 1 aliphatic rings. The zero-order valence-corrected chi connectivity index (χ0v) is 18.9. The summed E-state index contributed by atoms with van der Waals surface area (Å²) in [5, 5.41) is 10.3. The van der Waals surface area contributed by atoms with Gasteiger partial charge in [0.15, 0.2) is 5.96 Å². The maximum absolute atomic E-state index is 5.26. The fourth-order valence-corrected chi connectivity index (χ4v) is 3.95. The van der Waals surface area contributed by atoms with Crippen molar-refractivity contribution in [3.8, 4) is 0 Å². The van der Waals surface area contributed by atoms with Gasteiger partial charge in [0, 0.05) is 44.9 Å². The number of nitrogens with one attached hydrogen (secondary N) is 2. The van der Waals surface area contributed by atoms with Gasteiger partial charge in [0.05, 0.1) is 5.01 Å². The Hall–Kier alpha value is -0.410. The Kier molecular flexibility index (Phi) is 10.9. The normalized spacial score (nSPS) is 16.0. The zero-order chi connectivity index (χ0) is 17.3. The molecular formula is C18H33IN4OS. The molecule has 1 aromatic rings. The number of thiazole rings is 1. The van der Waals surface area contributed by atoms with Crippen molar-refractivity contribution < 1.29 is 4.74 Å². The molecule has 0 aliphatic heterocycles. The number of hydrogen-bond acceptors (Lipinski definition) is 4. The first-order chi connectivity index (χ1) is 11.7. The average molecular weight is 480 g/mol. The number of rotatable bonds is 10. The van der Waals surface area contributed by atoms with Crippen molar-refractivity contribution in [2.75, 3.05) is 33.9 Å². The molecule has 0 spiro atoms. The second kappa shape index (κ2) is 12.1. The van der Waals surface area contributed by atoms with Crippen LogP contribution >= 0.6 is 35.3 Å². The van der Waals surface area contributed by atoms with Crippen LogP contribution < -0.4 is 10.6 Å². The van der Waals surface area contributed by atoms with Crippen LogP contribution in [0.1, 0.15) is 49.2 Å². The van der Waals surface area contributed by atoms with Gasteiger partial charge in [-0.25, -0.2) is 4.98 Å². The first-order valence-electron chi connectivity index (χ1n) is 9.02. The summed E-state index contributed by atoms with van der Waals surface area (Å²) in [7, 11) is 3.63. The molecule has 0 radical (unpaired) electrons. The Morgan fingerprint density at radius 2 is 2.16 bits per heavy atom. The number of ether oxygens (including phenoxy) is 1. The summed E-state index contributed by atoms with van der Waals surface area (Å²) in [6.45, 7) is 4.85. The molecule has 1 aromatic heterocycles.